The van der Waals surface area contributed by atoms with Crippen molar-refractivity contribution in [1.82, 2.24) is 0 Å². The monoisotopic (exact) mass is 889 g/mol. The molecule has 53 heavy (non-hydrogen) atoms. The fourth-order valence-electron chi connectivity index (χ4n) is 7.03. The van der Waals surface area contributed by atoms with Crippen molar-refractivity contribution in [1.29, 1.82) is 0 Å². The Labute approximate surface area is 343 Å². The van der Waals surface area contributed by atoms with Gasteiger partial charge in [0, 0.05) is 25.8 Å². The van der Waals surface area contributed by atoms with E-state index in [9.17, 15) is 0 Å². The second-order valence-electron chi connectivity index (χ2n) is 15.1. The maximum absolute atomic E-state index is 5.44. The van der Waals surface area contributed by atoms with Crippen LogP contribution in [0, 0.1) is 20.8 Å². The molecule has 0 radical (unpaired) electrons. The zero-order chi connectivity index (χ0) is 37.0. The van der Waals surface area contributed by atoms with Crippen LogP contribution in [-0.4, -0.2) is 22.8 Å². The SMILES string of the molecule is CC(C)(C)[N-]C([N-]Cc1cccc2ccccc12)P(C1CCCCC1)C1CCCCC1.[CH2-]c1ccccc1.[CH2-]c1ccccc1.[CH2-]c1ccccc1.[Hf]. The van der Waals surface area contributed by atoms with Gasteiger partial charge in [-0.1, -0.05) is 126 Å². The van der Waals surface area contributed by atoms with E-state index in [0.29, 0.717) is 0 Å². The van der Waals surface area contributed by atoms with Crippen LogP contribution in [0.25, 0.3) is 21.4 Å². The Morgan fingerprint density at radius 2 is 0.943 bits per heavy atom. The first-order valence-electron chi connectivity index (χ1n) is 19.4. The van der Waals surface area contributed by atoms with Crippen molar-refractivity contribution in [2.75, 3.05) is 0 Å². The summed E-state index contributed by atoms with van der Waals surface area (Å²) < 4.78 is 0. The number of hydrogen-bond donors (Lipinski definition) is 0. The van der Waals surface area contributed by atoms with Crippen molar-refractivity contribution in [3.05, 3.63) is 187 Å². The van der Waals surface area contributed by atoms with Crippen LogP contribution in [0.5, 0.6) is 0 Å². The summed E-state index contributed by atoms with van der Waals surface area (Å²) in [5.74, 6) is 0.195. The molecule has 5 aromatic carbocycles. The molecule has 2 fully saturated rings. The first kappa shape index (κ1) is 44.6. The summed E-state index contributed by atoms with van der Waals surface area (Å²) in [5, 5.41) is 13.5. The van der Waals surface area contributed by atoms with E-state index in [2.05, 4.69) is 84.0 Å². The van der Waals surface area contributed by atoms with E-state index < -0.39 is 0 Å². The maximum atomic E-state index is 5.44. The van der Waals surface area contributed by atoms with E-state index in [0.717, 1.165) is 34.6 Å². The third kappa shape index (κ3) is 17.0. The Bertz CT molecular complexity index is 1530. The largest absolute Gasteiger partial charge is 0.670 e. The quantitative estimate of drug-likeness (QED) is 0.0885. The van der Waals surface area contributed by atoms with Crippen molar-refractivity contribution >= 4 is 18.7 Å². The topological polar surface area (TPSA) is 28.2 Å². The molecule has 1 unspecified atom stereocenters. The van der Waals surface area contributed by atoms with Crippen molar-refractivity contribution < 1.29 is 25.8 Å². The van der Waals surface area contributed by atoms with Gasteiger partial charge in [-0.25, -0.2) is 5.91 Å². The fourth-order valence-corrected chi connectivity index (χ4v) is 11.0. The molecule has 5 aromatic rings. The Kier molecular flexibility index (Phi) is 20.7. The van der Waals surface area contributed by atoms with Gasteiger partial charge in [-0.3, -0.25) is 0 Å². The molecule has 0 heterocycles. The van der Waals surface area contributed by atoms with Crippen LogP contribution in [0.4, 0.5) is 0 Å². The molecule has 2 aliphatic carbocycles. The minimum Gasteiger partial charge on any atom is -0.670 e. The van der Waals surface area contributed by atoms with Gasteiger partial charge in [-0.05, 0) is 47.8 Å². The molecule has 0 aromatic heterocycles. The van der Waals surface area contributed by atoms with Crippen LogP contribution in [-0.2, 0) is 32.4 Å². The predicted octanol–water partition coefficient (Wildman–Crippen LogP) is 14.9. The molecular weight excluding hydrogens is 826 g/mol. The Balaban J connectivity index is 0.000000275. The minimum atomic E-state index is -0.198. The molecule has 0 saturated heterocycles. The summed E-state index contributed by atoms with van der Waals surface area (Å²) in [6.07, 6.45) is 14.2. The van der Waals surface area contributed by atoms with E-state index in [1.165, 1.54) is 80.5 Å². The van der Waals surface area contributed by atoms with Gasteiger partial charge in [0.25, 0.3) is 0 Å². The van der Waals surface area contributed by atoms with Gasteiger partial charge in [0.2, 0.25) is 0 Å². The normalized spacial score (nSPS) is 15.3. The van der Waals surface area contributed by atoms with E-state index >= 15 is 0 Å². The predicted molar refractivity (Wildman–Crippen MR) is 231 cm³/mol. The van der Waals surface area contributed by atoms with Crippen LogP contribution in [0.1, 0.15) is 107 Å². The molecule has 2 nitrogen and oxygen atoms in total. The van der Waals surface area contributed by atoms with Crippen LogP contribution in [0.3, 0.4) is 0 Å². The average molecular weight is 889 g/mol. The second kappa shape index (κ2) is 24.6. The number of nitrogens with zero attached hydrogens (tertiary/aromatic N) is 2. The third-order valence-corrected chi connectivity index (χ3v) is 13.1. The Morgan fingerprint density at radius 3 is 1.34 bits per heavy atom. The molecule has 2 aliphatic rings. The molecule has 1 atom stereocenters. The maximum Gasteiger partial charge on any atom is 0 e. The Hall–Kier alpha value is -2.81. The summed E-state index contributed by atoms with van der Waals surface area (Å²) in [6.45, 7) is 18.8. The fraction of sp³-hybridized carbons (Fsp3) is 0.367. The van der Waals surface area contributed by atoms with Gasteiger partial charge < -0.3 is 10.6 Å². The van der Waals surface area contributed by atoms with Gasteiger partial charge in [-0.2, -0.15) is 73.9 Å². The zero-order valence-corrected chi connectivity index (χ0v) is 37.2. The summed E-state index contributed by atoms with van der Waals surface area (Å²) in [4.78, 5) is 0. The second-order valence-corrected chi connectivity index (χ2v) is 17.9. The van der Waals surface area contributed by atoms with E-state index in [-0.39, 0.29) is 45.2 Å². The number of hydrogen-bond acceptors (Lipinski definition) is 0. The summed E-state index contributed by atoms with van der Waals surface area (Å²) in [7, 11) is -0.198. The molecule has 0 N–H and O–H groups in total. The summed E-state index contributed by atoms with van der Waals surface area (Å²) in [5.41, 5.74) is 6.29. The standard InChI is InChI=1S/C28H41N2P.3C7H7.Hf/c1-28(2,3)30-27(29-21-23-15-12-14-22-13-10-11-20-26(22)23)31(24-16-6-4-7-17-24)25-18-8-5-9-19-25;3*1-7-5-3-2-4-6-7;/h10-15,20,24-25,27H,4-9,16-19,21H2,1-3H3;3*2-6H,1H2;/q-2;3*-1;. The molecule has 0 spiro atoms. The Morgan fingerprint density at radius 1 is 0.547 bits per heavy atom. The number of benzene rings is 5. The molecule has 0 amide bonds. The smallest absolute Gasteiger partial charge is 0 e. The van der Waals surface area contributed by atoms with Crippen molar-refractivity contribution in [2.45, 2.75) is 114 Å². The van der Waals surface area contributed by atoms with E-state index in [4.69, 9.17) is 10.6 Å². The van der Waals surface area contributed by atoms with Crippen molar-refractivity contribution in [3.8, 4) is 0 Å². The molecular formula is C49H62HfN2P-5. The molecule has 2 saturated carbocycles. The van der Waals surface area contributed by atoms with Gasteiger partial charge in [0.05, 0.1) is 0 Å². The summed E-state index contributed by atoms with van der Waals surface area (Å²) in [6, 6.07) is 45.0. The van der Waals surface area contributed by atoms with Crippen LogP contribution >= 0.6 is 7.92 Å². The van der Waals surface area contributed by atoms with Crippen molar-refractivity contribution in [3.63, 3.8) is 0 Å². The molecule has 4 heteroatoms. The van der Waals surface area contributed by atoms with Crippen LogP contribution < -0.4 is 0 Å². The van der Waals surface area contributed by atoms with Gasteiger partial charge in [0.15, 0.2) is 0 Å². The van der Waals surface area contributed by atoms with Gasteiger partial charge in [-0.15, -0.1) is 56.4 Å². The molecule has 0 aliphatic heterocycles. The van der Waals surface area contributed by atoms with Crippen LogP contribution in [0.2, 0.25) is 0 Å². The minimum absolute atomic E-state index is 0. The molecule has 282 valence electrons. The number of fused-ring (bicyclic) bond motifs is 1. The van der Waals surface area contributed by atoms with Gasteiger partial charge in [0.1, 0.15) is 0 Å². The average Bonchev–Trinajstić information content (AvgIpc) is 3.16. The summed E-state index contributed by atoms with van der Waals surface area (Å²) >= 11 is 0. The van der Waals surface area contributed by atoms with Gasteiger partial charge >= 0.3 is 0 Å². The van der Waals surface area contributed by atoms with Crippen LogP contribution in [0.15, 0.2) is 133 Å². The molecule has 7 rings (SSSR count). The van der Waals surface area contributed by atoms with E-state index in [1.807, 2.05) is 91.0 Å². The zero-order valence-electron chi connectivity index (χ0n) is 32.7. The first-order chi connectivity index (χ1) is 25.2. The van der Waals surface area contributed by atoms with E-state index in [1.54, 1.807) is 0 Å². The number of rotatable bonds is 7. The van der Waals surface area contributed by atoms with Crippen molar-refractivity contribution in [2.24, 2.45) is 0 Å². The molecule has 0 bridgehead atoms. The first-order valence-corrected chi connectivity index (χ1v) is 21.0. The third-order valence-electron chi connectivity index (χ3n) is 9.60.